The van der Waals surface area contributed by atoms with E-state index >= 15 is 0 Å². The number of benzene rings is 1. The molecule has 15 heavy (non-hydrogen) atoms. The Kier molecular flexibility index (Phi) is 2.63. The highest BCUT2D eigenvalue weighted by Crippen LogP contribution is 2.33. The molecule has 4 nitrogen and oxygen atoms in total. The summed E-state index contributed by atoms with van der Waals surface area (Å²) in [5, 5.41) is 0.635. The normalized spacial score (nSPS) is 20.9. The maximum absolute atomic E-state index is 6.11. The van der Waals surface area contributed by atoms with Crippen molar-refractivity contribution in [3.8, 4) is 0 Å². The minimum atomic E-state index is 0.222. The van der Waals surface area contributed by atoms with Crippen molar-refractivity contribution in [2.45, 2.75) is 12.5 Å². The lowest BCUT2D eigenvalue weighted by Gasteiger charge is -2.20. The molecule has 82 valence electrons. The van der Waals surface area contributed by atoms with Crippen molar-refractivity contribution in [1.29, 1.82) is 0 Å². The maximum atomic E-state index is 6.11. The molecule has 1 fully saturated rings. The van der Waals surface area contributed by atoms with E-state index < -0.39 is 0 Å². The van der Waals surface area contributed by atoms with Crippen molar-refractivity contribution < 1.29 is 0 Å². The fraction of sp³-hybridized carbons (Fsp3) is 0.400. The Morgan fingerprint density at radius 2 is 1.93 bits per heavy atom. The average Bonchev–Trinajstić information content (AvgIpc) is 2.58. The third-order valence-electron chi connectivity index (χ3n) is 2.72. The van der Waals surface area contributed by atoms with Crippen molar-refractivity contribution in [1.82, 2.24) is 0 Å². The number of halogens is 1. The van der Waals surface area contributed by atoms with Crippen LogP contribution in [0.5, 0.6) is 0 Å². The highest BCUT2D eigenvalue weighted by molar-refractivity contribution is 6.33. The van der Waals surface area contributed by atoms with Crippen molar-refractivity contribution in [2.24, 2.45) is 5.73 Å². The molecule has 1 saturated heterocycles. The Hall–Kier alpha value is -1.13. The van der Waals surface area contributed by atoms with Crippen LogP contribution in [-0.2, 0) is 0 Å². The first kappa shape index (κ1) is 10.4. The fourth-order valence-corrected chi connectivity index (χ4v) is 2.13. The maximum Gasteiger partial charge on any atom is 0.0661 e. The van der Waals surface area contributed by atoms with Gasteiger partial charge in [-0.3, -0.25) is 0 Å². The van der Waals surface area contributed by atoms with Crippen LogP contribution in [0.3, 0.4) is 0 Å². The molecular formula is C10H15ClN4. The van der Waals surface area contributed by atoms with Crippen LogP contribution in [0.25, 0.3) is 0 Å². The van der Waals surface area contributed by atoms with Crippen LogP contribution in [0.2, 0.25) is 5.02 Å². The SMILES string of the molecule is Nc1cc(Cl)c(N2CCC(N)C2)cc1N. The Balaban J connectivity index is 2.32. The summed E-state index contributed by atoms with van der Waals surface area (Å²) in [6.45, 7) is 1.74. The summed E-state index contributed by atoms with van der Waals surface area (Å²) >= 11 is 6.11. The molecule has 0 radical (unpaired) electrons. The minimum Gasteiger partial charge on any atom is -0.397 e. The van der Waals surface area contributed by atoms with E-state index in [4.69, 9.17) is 28.8 Å². The van der Waals surface area contributed by atoms with Gasteiger partial charge in [0.25, 0.3) is 0 Å². The molecule has 0 aliphatic carbocycles. The number of nitrogens with zero attached hydrogens (tertiary/aromatic N) is 1. The molecule has 1 aliphatic rings. The molecule has 6 N–H and O–H groups in total. The van der Waals surface area contributed by atoms with Gasteiger partial charge in [0.15, 0.2) is 0 Å². The van der Waals surface area contributed by atoms with Gasteiger partial charge in [-0.15, -0.1) is 0 Å². The second-order valence-corrected chi connectivity index (χ2v) is 4.33. The predicted octanol–water partition coefficient (Wildman–Crippen LogP) is 1.04. The van der Waals surface area contributed by atoms with E-state index in [1.165, 1.54) is 0 Å². The van der Waals surface area contributed by atoms with Gasteiger partial charge >= 0.3 is 0 Å². The van der Waals surface area contributed by atoms with E-state index in [1.54, 1.807) is 6.07 Å². The summed E-state index contributed by atoms with van der Waals surface area (Å²) in [4.78, 5) is 2.14. The van der Waals surface area contributed by atoms with Gasteiger partial charge in [-0.25, -0.2) is 0 Å². The summed E-state index contributed by atoms with van der Waals surface area (Å²) in [5.41, 5.74) is 19.3. The quantitative estimate of drug-likeness (QED) is 0.625. The second-order valence-electron chi connectivity index (χ2n) is 3.93. The van der Waals surface area contributed by atoms with Crippen LogP contribution in [0.1, 0.15) is 6.42 Å². The molecule has 0 spiro atoms. The number of nitrogens with two attached hydrogens (primary N) is 3. The number of hydrogen-bond acceptors (Lipinski definition) is 4. The topological polar surface area (TPSA) is 81.3 Å². The minimum absolute atomic E-state index is 0.222. The van der Waals surface area contributed by atoms with E-state index in [9.17, 15) is 0 Å². The van der Waals surface area contributed by atoms with Crippen LogP contribution in [0.4, 0.5) is 17.1 Å². The Bertz CT molecular complexity index is 380. The van der Waals surface area contributed by atoms with Crippen LogP contribution < -0.4 is 22.1 Å². The smallest absolute Gasteiger partial charge is 0.0661 e. The van der Waals surface area contributed by atoms with Gasteiger partial charge in [0.05, 0.1) is 22.1 Å². The lowest BCUT2D eigenvalue weighted by atomic mass is 10.2. The van der Waals surface area contributed by atoms with Gasteiger partial charge in [0.1, 0.15) is 0 Å². The van der Waals surface area contributed by atoms with Crippen molar-refractivity contribution in [3.63, 3.8) is 0 Å². The van der Waals surface area contributed by atoms with Gasteiger partial charge in [-0.2, -0.15) is 0 Å². The number of rotatable bonds is 1. The highest BCUT2D eigenvalue weighted by Gasteiger charge is 2.21. The van der Waals surface area contributed by atoms with Crippen LogP contribution in [0.15, 0.2) is 12.1 Å². The summed E-state index contributed by atoms with van der Waals surface area (Å²) in [6.07, 6.45) is 0.987. The molecule has 5 heteroatoms. The number of nitrogen functional groups attached to an aromatic ring is 2. The molecule has 1 unspecified atom stereocenters. The van der Waals surface area contributed by atoms with E-state index in [2.05, 4.69) is 4.90 Å². The molecule has 0 amide bonds. The first-order chi connectivity index (χ1) is 7.08. The Morgan fingerprint density at radius 3 is 2.53 bits per heavy atom. The number of anilines is 3. The Morgan fingerprint density at radius 1 is 1.27 bits per heavy atom. The van der Waals surface area contributed by atoms with Crippen molar-refractivity contribution >= 4 is 28.7 Å². The van der Waals surface area contributed by atoms with Gasteiger partial charge < -0.3 is 22.1 Å². The number of hydrogen-bond donors (Lipinski definition) is 3. The zero-order chi connectivity index (χ0) is 11.0. The first-order valence-electron chi connectivity index (χ1n) is 4.93. The van der Waals surface area contributed by atoms with Gasteiger partial charge in [0, 0.05) is 19.1 Å². The van der Waals surface area contributed by atoms with Crippen LogP contribution >= 0.6 is 11.6 Å². The van der Waals surface area contributed by atoms with E-state index in [0.29, 0.717) is 16.4 Å². The molecule has 0 bridgehead atoms. The third kappa shape index (κ3) is 1.96. The predicted molar refractivity (Wildman–Crippen MR) is 65.1 cm³/mol. The van der Waals surface area contributed by atoms with Crippen LogP contribution in [0, 0.1) is 0 Å². The van der Waals surface area contributed by atoms with E-state index in [-0.39, 0.29) is 6.04 Å². The molecule has 0 aromatic heterocycles. The van der Waals surface area contributed by atoms with E-state index in [0.717, 1.165) is 25.2 Å². The molecule has 1 heterocycles. The first-order valence-corrected chi connectivity index (χ1v) is 5.30. The monoisotopic (exact) mass is 226 g/mol. The Labute approximate surface area is 94.0 Å². The zero-order valence-electron chi connectivity index (χ0n) is 8.41. The third-order valence-corrected chi connectivity index (χ3v) is 3.02. The van der Waals surface area contributed by atoms with Crippen LogP contribution in [-0.4, -0.2) is 19.1 Å². The molecule has 1 atom stereocenters. The molecular weight excluding hydrogens is 212 g/mol. The second kappa shape index (κ2) is 3.79. The fourth-order valence-electron chi connectivity index (χ4n) is 1.84. The standard InChI is InChI=1S/C10H15ClN4/c11-7-3-8(13)9(14)4-10(7)15-2-1-6(12)5-15/h3-4,6H,1-2,5,12-14H2. The zero-order valence-corrected chi connectivity index (χ0v) is 9.17. The average molecular weight is 227 g/mol. The van der Waals surface area contributed by atoms with Gasteiger partial charge in [-0.1, -0.05) is 11.6 Å². The van der Waals surface area contributed by atoms with Gasteiger partial charge in [0.2, 0.25) is 0 Å². The summed E-state index contributed by atoms with van der Waals surface area (Å²) in [6, 6.07) is 3.73. The van der Waals surface area contributed by atoms with Gasteiger partial charge in [-0.05, 0) is 18.6 Å². The molecule has 0 saturated carbocycles. The summed E-state index contributed by atoms with van der Waals surface area (Å²) in [7, 11) is 0. The summed E-state index contributed by atoms with van der Waals surface area (Å²) in [5.74, 6) is 0. The molecule has 2 rings (SSSR count). The largest absolute Gasteiger partial charge is 0.397 e. The highest BCUT2D eigenvalue weighted by atomic mass is 35.5. The van der Waals surface area contributed by atoms with Crippen molar-refractivity contribution in [2.75, 3.05) is 29.5 Å². The molecule has 1 aromatic rings. The molecule has 1 aliphatic heterocycles. The van der Waals surface area contributed by atoms with Crippen molar-refractivity contribution in [3.05, 3.63) is 17.2 Å². The lowest BCUT2D eigenvalue weighted by Crippen LogP contribution is -2.26. The molecule has 1 aromatic carbocycles. The lowest BCUT2D eigenvalue weighted by molar-refractivity contribution is 0.752. The van der Waals surface area contributed by atoms with E-state index in [1.807, 2.05) is 6.07 Å². The summed E-state index contributed by atoms with van der Waals surface area (Å²) < 4.78 is 0.